The van der Waals surface area contributed by atoms with Gasteiger partial charge in [0, 0.05) is 0 Å². The van der Waals surface area contributed by atoms with E-state index in [0.29, 0.717) is 13.5 Å². The van der Waals surface area contributed by atoms with Gasteiger partial charge in [0.15, 0.2) is 0 Å². The van der Waals surface area contributed by atoms with Crippen LogP contribution in [0.1, 0.15) is 5.56 Å². The Morgan fingerprint density at radius 1 is 1.17 bits per heavy atom. The molecule has 2 rings (SSSR count). The highest BCUT2D eigenvalue weighted by atomic mass is 16.5. The second-order valence-electron chi connectivity index (χ2n) is 2.90. The topological polar surface area (TPSA) is 33.3 Å². The Kier molecular flexibility index (Phi) is 1.87. The summed E-state index contributed by atoms with van der Waals surface area (Å²) in [4.78, 5) is 0. The fraction of sp³-hybridized carbons (Fsp3) is 0.333. The van der Waals surface area contributed by atoms with E-state index in [-0.39, 0.29) is 0 Å². The van der Waals surface area contributed by atoms with E-state index in [1.165, 1.54) is 5.56 Å². The highest BCUT2D eigenvalue weighted by molar-refractivity contribution is 5.69. The Hall–Kier alpha value is -1.22. The van der Waals surface area contributed by atoms with Crippen molar-refractivity contribution in [3.63, 3.8) is 0 Å². The Labute approximate surface area is 71.7 Å². The lowest BCUT2D eigenvalue weighted by Crippen LogP contribution is -2.05. The third kappa shape index (κ3) is 1.36. The van der Waals surface area contributed by atoms with Crippen LogP contribution in [0, 0.1) is 6.92 Å². The second-order valence-corrected chi connectivity index (χ2v) is 2.90. The van der Waals surface area contributed by atoms with E-state index in [0.717, 1.165) is 11.4 Å². The molecule has 0 spiro atoms. The molecule has 0 aliphatic carbocycles. The average Bonchev–Trinajstić information content (AvgIpc) is 2.28. The molecule has 0 aromatic heterocycles. The van der Waals surface area contributed by atoms with Gasteiger partial charge in [-0.25, -0.2) is 0 Å². The van der Waals surface area contributed by atoms with Crippen molar-refractivity contribution in [3.05, 3.63) is 23.8 Å². The molecule has 2 N–H and O–H groups in total. The molecule has 1 aliphatic rings. The summed E-state index contributed by atoms with van der Waals surface area (Å²) < 4.78 is 5.19. The predicted octanol–water partition coefficient (Wildman–Crippen LogP) is 1.76. The summed E-state index contributed by atoms with van der Waals surface area (Å²) in [5, 5.41) is 6.35. The normalized spacial score (nSPS) is 15.4. The van der Waals surface area contributed by atoms with Gasteiger partial charge in [-0.3, -0.25) is 0 Å². The number of anilines is 2. The van der Waals surface area contributed by atoms with Crippen LogP contribution < -0.4 is 10.6 Å². The standard InChI is InChI=1S/C9H12N2O/c1-7-2-3-8-9(4-7)11-6-12-5-10-8/h2-4,10-11H,5-6H2,1H3. The first kappa shape index (κ1) is 7.43. The number of hydrogen-bond acceptors (Lipinski definition) is 3. The third-order valence-electron chi connectivity index (χ3n) is 1.90. The van der Waals surface area contributed by atoms with Gasteiger partial charge >= 0.3 is 0 Å². The van der Waals surface area contributed by atoms with Crippen molar-refractivity contribution in [2.45, 2.75) is 6.92 Å². The molecule has 0 bridgehead atoms. The van der Waals surface area contributed by atoms with Gasteiger partial charge in [-0.2, -0.15) is 0 Å². The van der Waals surface area contributed by atoms with Gasteiger partial charge in [0.1, 0.15) is 13.5 Å². The van der Waals surface area contributed by atoms with Crippen molar-refractivity contribution in [1.82, 2.24) is 0 Å². The molecule has 0 saturated carbocycles. The predicted molar refractivity (Wildman–Crippen MR) is 49.2 cm³/mol. The van der Waals surface area contributed by atoms with Crippen molar-refractivity contribution in [3.8, 4) is 0 Å². The highest BCUT2D eigenvalue weighted by Crippen LogP contribution is 2.23. The molecule has 0 saturated heterocycles. The van der Waals surface area contributed by atoms with E-state index >= 15 is 0 Å². The molecule has 12 heavy (non-hydrogen) atoms. The zero-order valence-corrected chi connectivity index (χ0v) is 7.05. The van der Waals surface area contributed by atoms with Crippen LogP contribution in [0.4, 0.5) is 11.4 Å². The molecular weight excluding hydrogens is 152 g/mol. The van der Waals surface area contributed by atoms with Crippen LogP contribution in [0.3, 0.4) is 0 Å². The molecule has 3 heteroatoms. The number of nitrogens with one attached hydrogen (secondary N) is 2. The summed E-state index contributed by atoms with van der Waals surface area (Å²) in [6.45, 7) is 3.22. The van der Waals surface area contributed by atoms with E-state index in [2.05, 4.69) is 35.8 Å². The lowest BCUT2D eigenvalue weighted by Gasteiger charge is -2.07. The Bertz CT molecular complexity index is 286. The molecule has 64 valence electrons. The van der Waals surface area contributed by atoms with E-state index in [9.17, 15) is 0 Å². The van der Waals surface area contributed by atoms with Gasteiger partial charge < -0.3 is 15.4 Å². The molecule has 1 aromatic carbocycles. The molecule has 0 atom stereocenters. The third-order valence-corrected chi connectivity index (χ3v) is 1.90. The number of rotatable bonds is 0. The molecule has 1 aliphatic heterocycles. The lowest BCUT2D eigenvalue weighted by atomic mass is 10.2. The van der Waals surface area contributed by atoms with Crippen LogP contribution in [0.25, 0.3) is 0 Å². The van der Waals surface area contributed by atoms with E-state index in [1.807, 2.05) is 0 Å². The average molecular weight is 164 g/mol. The summed E-state index contributed by atoms with van der Waals surface area (Å²) >= 11 is 0. The van der Waals surface area contributed by atoms with Crippen LogP contribution in [-0.4, -0.2) is 13.5 Å². The van der Waals surface area contributed by atoms with Gasteiger partial charge in [-0.05, 0) is 24.6 Å². The van der Waals surface area contributed by atoms with Crippen molar-refractivity contribution < 1.29 is 4.74 Å². The monoisotopic (exact) mass is 164 g/mol. The zero-order valence-electron chi connectivity index (χ0n) is 7.05. The molecule has 0 unspecified atom stereocenters. The SMILES string of the molecule is Cc1ccc2c(c1)NCOCN2. The molecule has 0 fully saturated rings. The van der Waals surface area contributed by atoms with Crippen LogP contribution in [-0.2, 0) is 4.74 Å². The maximum atomic E-state index is 5.19. The lowest BCUT2D eigenvalue weighted by molar-refractivity contribution is 0.174. The maximum Gasteiger partial charge on any atom is 0.118 e. The molecule has 1 heterocycles. The summed E-state index contributed by atoms with van der Waals surface area (Å²) in [7, 11) is 0. The van der Waals surface area contributed by atoms with Crippen LogP contribution in [0.15, 0.2) is 18.2 Å². The fourth-order valence-corrected chi connectivity index (χ4v) is 1.27. The number of fused-ring (bicyclic) bond motifs is 1. The smallest absolute Gasteiger partial charge is 0.118 e. The van der Waals surface area contributed by atoms with Crippen molar-refractivity contribution in [1.29, 1.82) is 0 Å². The number of aryl methyl sites for hydroxylation is 1. The van der Waals surface area contributed by atoms with Gasteiger partial charge in [0.2, 0.25) is 0 Å². The Morgan fingerprint density at radius 3 is 2.75 bits per heavy atom. The first-order chi connectivity index (χ1) is 5.86. The summed E-state index contributed by atoms with van der Waals surface area (Å²) in [5.41, 5.74) is 3.48. The first-order valence-corrected chi connectivity index (χ1v) is 4.02. The summed E-state index contributed by atoms with van der Waals surface area (Å²) in [5.74, 6) is 0. The second kappa shape index (κ2) is 3.03. The molecule has 0 amide bonds. The highest BCUT2D eigenvalue weighted by Gasteiger charge is 2.04. The quantitative estimate of drug-likeness (QED) is 0.613. The molecule has 0 radical (unpaired) electrons. The van der Waals surface area contributed by atoms with Crippen LogP contribution in [0.5, 0.6) is 0 Å². The number of hydrogen-bond donors (Lipinski definition) is 2. The van der Waals surface area contributed by atoms with Crippen molar-refractivity contribution in [2.24, 2.45) is 0 Å². The van der Waals surface area contributed by atoms with Gasteiger partial charge in [-0.1, -0.05) is 6.07 Å². The van der Waals surface area contributed by atoms with Gasteiger partial charge in [0.05, 0.1) is 11.4 Å². The van der Waals surface area contributed by atoms with Gasteiger partial charge in [0.25, 0.3) is 0 Å². The number of ether oxygens (including phenoxy) is 1. The molecular formula is C9H12N2O. The van der Waals surface area contributed by atoms with E-state index in [1.54, 1.807) is 0 Å². The summed E-state index contributed by atoms with van der Waals surface area (Å²) in [6, 6.07) is 6.25. The van der Waals surface area contributed by atoms with E-state index in [4.69, 9.17) is 4.74 Å². The van der Waals surface area contributed by atoms with Crippen molar-refractivity contribution in [2.75, 3.05) is 24.1 Å². The van der Waals surface area contributed by atoms with E-state index < -0.39 is 0 Å². The van der Waals surface area contributed by atoms with Crippen LogP contribution in [0.2, 0.25) is 0 Å². The molecule has 1 aromatic rings. The first-order valence-electron chi connectivity index (χ1n) is 4.02. The Balaban J connectivity index is 2.36. The molecule has 3 nitrogen and oxygen atoms in total. The minimum atomic E-state index is 0.572. The minimum Gasteiger partial charge on any atom is -0.361 e. The Morgan fingerprint density at radius 2 is 1.92 bits per heavy atom. The van der Waals surface area contributed by atoms with Gasteiger partial charge in [-0.15, -0.1) is 0 Å². The van der Waals surface area contributed by atoms with Crippen LogP contribution >= 0.6 is 0 Å². The summed E-state index contributed by atoms with van der Waals surface area (Å²) in [6.07, 6.45) is 0. The number of benzene rings is 1. The zero-order chi connectivity index (χ0) is 8.39. The largest absolute Gasteiger partial charge is 0.361 e. The van der Waals surface area contributed by atoms with Crippen molar-refractivity contribution >= 4 is 11.4 Å². The minimum absolute atomic E-state index is 0.572. The maximum absolute atomic E-state index is 5.19. The fourth-order valence-electron chi connectivity index (χ4n) is 1.27.